The lowest BCUT2D eigenvalue weighted by Gasteiger charge is -2.05. The minimum absolute atomic E-state index is 0.176. The van der Waals surface area contributed by atoms with E-state index in [1.54, 1.807) is 30.3 Å². The highest BCUT2D eigenvalue weighted by Crippen LogP contribution is 2.23. The zero-order valence-corrected chi connectivity index (χ0v) is 18.1. The van der Waals surface area contributed by atoms with E-state index in [2.05, 4.69) is 21.2 Å². The van der Waals surface area contributed by atoms with Gasteiger partial charge in [-0.05, 0) is 48.5 Å². The molecule has 3 rings (SSSR count). The number of nitrogens with zero attached hydrogens (tertiary/aromatic N) is 2. The lowest BCUT2D eigenvalue weighted by molar-refractivity contribution is 0.100. The van der Waals surface area contributed by atoms with E-state index in [0.29, 0.717) is 20.6 Å². The summed E-state index contributed by atoms with van der Waals surface area (Å²) >= 11 is 17.8. The van der Waals surface area contributed by atoms with Crippen LogP contribution >= 0.6 is 34.8 Å². The Bertz CT molecular complexity index is 1250. The molecule has 0 N–H and O–H groups in total. The third-order valence-corrected chi connectivity index (χ3v) is 6.02. The average Bonchev–Trinajstić information content (AvgIpc) is 2.67. The van der Waals surface area contributed by atoms with E-state index >= 15 is 0 Å². The monoisotopic (exact) mass is 462 g/mol. The fourth-order valence-corrected chi connectivity index (χ4v) is 4.31. The number of amides is 1. The van der Waals surface area contributed by atoms with Gasteiger partial charge in [0.15, 0.2) is 0 Å². The highest BCUT2D eigenvalue weighted by atomic mass is 35.5. The molecule has 0 radical (unpaired) electrons. The third kappa shape index (κ3) is 5.81. The minimum Gasteiger partial charge on any atom is -0.266 e. The van der Waals surface area contributed by atoms with E-state index in [9.17, 15) is 9.00 Å². The molecule has 146 valence electrons. The highest BCUT2D eigenvalue weighted by molar-refractivity contribution is 7.93. The molecule has 1 heterocycles. The Labute approximate surface area is 184 Å². The first-order valence-corrected chi connectivity index (χ1v) is 11.2. The van der Waals surface area contributed by atoms with Crippen molar-refractivity contribution < 1.29 is 9.00 Å². The van der Waals surface area contributed by atoms with E-state index in [-0.39, 0.29) is 10.5 Å². The predicted molar refractivity (Wildman–Crippen MR) is 117 cm³/mol. The molecule has 1 unspecified atom stereocenters. The molecule has 0 saturated carbocycles. The topological polar surface area (TPSA) is 59.4 Å². The maximum absolute atomic E-state index is 12.9. The van der Waals surface area contributed by atoms with Crippen molar-refractivity contribution in [3.63, 3.8) is 0 Å². The molecule has 3 aromatic rings. The normalized spacial score (nSPS) is 12.4. The minimum atomic E-state index is -3.04. The van der Waals surface area contributed by atoms with Crippen LogP contribution in [-0.2, 0) is 9.73 Å². The Hall–Kier alpha value is -2.36. The molecule has 1 aromatic heterocycles. The number of carbonyl (C=O) groups is 1. The van der Waals surface area contributed by atoms with Crippen molar-refractivity contribution in [1.29, 1.82) is 0 Å². The number of carbonyl (C=O) groups excluding carboxylic acids is 1. The lowest BCUT2D eigenvalue weighted by atomic mass is 10.2. The van der Waals surface area contributed by atoms with Crippen molar-refractivity contribution in [2.45, 2.75) is 4.90 Å². The van der Waals surface area contributed by atoms with Crippen LogP contribution in [0.4, 0.5) is 0 Å². The summed E-state index contributed by atoms with van der Waals surface area (Å²) in [6.45, 7) is 0. The number of halogens is 3. The Kier molecular flexibility index (Phi) is 6.61. The first-order valence-electron chi connectivity index (χ1n) is 8.18. The number of hydrogen-bond donors (Lipinski definition) is 0. The van der Waals surface area contributed by atoms with Crippen molar-refractivity contribution in [3.05, 3.63) is 92.7 Å². The molecule has 1 amide bonds. The predicted octanol–water partition coefficient (Wildman–Crippen LogP) is 5.74. The average molecular weight is 464 g/mol. The SMILES string of the molecule is CS(=O)(=NC(=O)c1cncc(C#Cc2ccc(Cl)cc2)c1)c1cc(Cl)cc(Cl)c1. The summed E-state index contributed by atoms with van der Waals surface area (Å²) in [5.41, 5.74) is 1.47. The summed E-state index contributed by atoms with van der Waals surface area (Å²) in [4.78, 5) is 16.8. The van der Waals surface area contributed by atoms with Crippen LogP contribution < -0.4 is 0 Å². The number of pyridine rings is 1. The maximum Gasteiger partial charge on any atom is 0.286 e. The molecule has 0 spiro atoms. The molecule has 0 bridgehead atoms. The van der Waals surface area contributed by atoms with Gasteiger partial charge in [-0.3, -0.25) is 9.78 Å². The van der Waals surface area contributed by atoms with Gasteiger partial charge in [-0.2, -0.15) is 4.36 Å². The molecular weight excluding hydrogens is 451 g/mol. The van der Waals surface area contributed by atoms with Crippen LogP contribution in [0.3, 0.4) is 0 Å². The van der Waals surface area contributed by atoms with E-state index in [4.69, 9.17) is 34.8 Å². The second kappa shape index (κ2) is 8.98. The summed E-state index contributed by atoms with van der Waals surface area (Å²) in [5.74, 6) is 5.22. The molecule has 2 aromatic carbocycles. The van der Waals surface area contributed by atoms with Crippen LogP contribution in [0.25, 0.3) is 0 Å². The summed E-state index contributed by atoms with van der Waals surface area (Å²) in [5, 5.41) is 1.24. The van der Waals surface area contributed by atoms with Gasteiger partial charge in [-0.15, -0.1) is 0 Å². The van der Waals surface area contributed by atoms with Crippen molar-refractivity contribution in [2.24, 2.45) is 4.36 Å². The van der Waals surface area contributed by atoms with Crippen molar-refractivity contribution in [3.8, 4) is 11.8 Å². The first-order chi connectivity index (χ1) is 13.7. The summed E-state index contributed by atoms with van der Waals surface area (Å²) in [7, 11) is -3.04. The van der Waals surface area contributed by atoms with Gasteiger partial charge in [-0.1, -0.05) is 46.6 Å². The van der Waals surface area contributed by atoms with Crippen LogP contribution in [0.15, 0.2) is 70.2 Å². The van der Waals surface area contributed by atoms with Gasteiger partial charge >= 0.3 is 0 Å². The quantitative estimate of drug-likeness (QED) is 0.455. The van der Waals surface area contributed by atoms with Gasteiger partial charge in [0.05, 0.1) is 20.2 Å². The van der Waals surface area contributed by atoms with Crippen molar-refractivity contribution in [2.75, 3.05) is 6.26 Å². The third-order valence-electron chi connectivity index (χ3n) is 3.71. The molecule has 0 saturated heterocycles. The van der Waals surface area contributed by atoms with Crippen LogP contribution in [0.1, 0.15) is 21.5 Å². The van der Waals surface area contributed by atoms with Gasteiger partial charge in [0.2, 0.25) is 0 Å². The fraction of sp³-hybridized carbons (Fsp3) is 0.0476. The molecule has 0 aliphatic rings. The van der Waals surface area contributed by atoms with Crippen LogP contribution in [0, 0.1) is 11.8 Å². The number of benzene rings is 2. The van der Waals surface area contributed by atoms with Crippen LogP contribution in [0.5, 0.6) is 0 Å². The van der Waals surface area contributed by atoms with Crippen molar-refractivity contribution >= 4 is 50.4 Å². The fourth-order valence-electron chi connectivity index (χ4n) is 2.31. The zero-order chi connectivity index (χ0) is 21.0. The molecular formula is C21H13Cl3N2O2S. The van der Waals surface area contributed by atoms with E-state index in [0.717, 1.165) is 5.56 Å². The van der Waals surface area contributed by atoms with E-state index < -0.39 is 15.6 Å². The van der Waals surface area contributed by atoms with Gasteiger partial charge < -0.3 is 0 Å². The molecule has 4 nitrogen and oxygen atoms in total. The van der Waals surface area contributed by atoms with Gasteiger partial charge in [-0.25, -0.2) is 4.21 Å². The Morgan fingerprint density at radius 1 is 0.897 bits per heavy atom. The lowest BCUT2D eigenvalue weighted by Crippen LogP contribution is -2.04. The highest BCUT2D eigenvalue weighted by Gasteiger charge is 2.13. The molecule has 29 heavy (non-hydrogen) atoms. The number of rotatable bonds is 2. The first kappa shape index (κ1) is 21.4. The Morgan fingerprint density at radius 2 is 1.52 bits per heavy atom. The Morgan fingerprint density at radius 3 is 2.17 bits per heavy atom. The molecule has 0 aliphatic heterocycles. The summed E-state index contributed by atoms with van der Waals surface area (Å²) in [6.07, 6.45) is 4.23. The largest absolute Gasteiger partial charge is 0.286 e. The molecule has 0 aliphatic carbocycles. The maximum atomic E-state index is 12.9. The zero-order valence-electron chi connectivity index (χ0n) is 15.0. The number of aromatic nitrogens is 1. The summed E-state index contributed by atoms with van der Waals surface area (Å²) in [6, 6.07) is 13.0. The summed E-state index contributed by atoms with van der Waals surface area (Å²) < 4.78 is 16.8. The van der Waals surface area contributed by atoms with Gasteiger partial charge in [0.25, 0.3) is 5.91 Å². The van der Waals surface area contributed by atoms with Crippen LogP contribution in [-0.4, -0.2) is 21.4 Å². The van der Waals surface area contributed by atoms with E-state index in [1.807, 2.05) is 0 Å². The van der Waals surface area contributed by atoms with Gasteiger partial charge in [0, 0.05) is 44.8 Å². The second-order valence-corrected chi connectivity index (χ2v) is 9.59. The molecule has 1 atom stereocenters. The Balaban J connectivity index is 1.90. The van der Waals surface area contributed by atoms with E-state index in [1.165, 1.54) is 36.8 Å². The number of hydrogen-bond acceptors (Lipinski definition) is 3. The van der Waals surface area contributed by atoms with Crippen LogP contribution in [0.2, 0.25) is 15.1 Å². The molecule has 8 heteroatoms. The standard InChI is InChI=1S/C21H13Cl3N2O2S/c1-29(28,20-10-18(23)9-19(24)11-20)26-21(27)16-8-15(12-25-13-16)3-2-14-4-6-17(22)7-5-14/h4-13H,1H3. The second-order valence-electron chi connectivity index (χ2n) is 6.02. The van der Waals surface area contributed by atoms with Crippen molar-refractivity contribution in [1.82, 2.24) is 4.98 Å². The van der Waals surface area contributed by atoms with Gasteiger partial charge in [0.1, 0.15) is 0 Å². The smallest absolute Gasteiger partial charge is 0.266 e. The molecule has 0 fully saturated rings.